The lowest BCUT2D eigenvalue weighted by Crippen LogP contribution is -2.43. The largest absolute Gasteiger partial charge is 0.480 e. The van der Waals surface area contributed by atoms with Crippen molar-refractivity contribution in [1.82, 2.24) is 5.32 Å². The summed E-state index contributed by atoms with van der Waals surface area (Å²) >= 11 is 0. The Bertz CT molecular complexity index is 437. The highest BCUT2D eigenvalue weighted by molar-refractivity contribution is 5.80. The van der Waals surface area contributed by atoms with Crippen molar-refractivity contribution in [2.75, 3.05) is 6.61 Å². The Balaban J connectivity index is 2.32. The van der Waals surface area contributed by atoms with Gasteiger partial charge in [0.05, 0.1) is 6.61 Å². The molecule has 0 heterocycles. The molecule has 0 saturated heterocycles. The van der Waals surface area contributed by atoms with Crippen LogP contribution in [0, 0.1) is 5.92 Å². The van der Waals surface area contributed by atoms with Crippen molar-refractivity contribution in [3.05, 3.63) is 0 Å². The molecule has 1 rings (SSSR count). The fourth-order valence-corrected chi connectivity index (χ4v) is 2.61. The van der Waals surface area contributed by atoms with Crippen LogP contribution in [0.25, 0.3) is 0 Å². The average molecular weight is 343 g/mol. The van der Waals surface area contributed by atoms with Crippen molar-refractivity contribution in [1.29, 1.82) is 0 Å². The van der Waals surface area contributed by atoms with Gasteiger partial charge in [0.25, 0.3) is 0 Å². The third-order valence-electron chi connectivity index (χ3n) is 3.83. The number of alkyl carbamates (subject to hydrolysis) is 1. The van der Waals surface area contributed by atoms with E-state index in [0.29, 0.717) is 12.5 Å². The third kappa shape index (κ3) is 8.74. The maximum atomic E-state index is 11.8. The highest BCUT2D eigenvalue weighted by atomic mass is 16.6. The summed E-state index contributed by atoms with van der Waals surface area (Å²) in [4.78, 5) is 34.6. The molecule has 7 heteroatoms. The zero-order valence-electron chi connectivity index (χ0n) is 14.8. The third-order valence-corrected chi connectivity index (χ3v) is 3.83. The Kier molecular flexibility index (Phi) is 8.01. The van der Waals surface area contributed by atoms with Gasteiger partial charge < -0.3 is 19.9 Å². The van der Waals surface area contributed by atoms with Gasteiger partial charge in [0, 0.05) is 6.42 Å². The van der Waals surface area contributed by atoms with Crippen molar-refractivity contribution in [3.63, 3.8) is 0 Å². The molecule has 1 amide bonds. The fourth-order valence-electron chi connectivity index (χ4n) is 2.61. The van der Waals surface area contributed by atoms with Gasteiger partial charge in [-0.1, -0.05) is 19.3 Å². The first kappa shape index (κ1) is 20.3. The van der Waals surface area contributed by atoms with Crippen LogP contribution in [-0.2, 0) is 19.1 Å². The zero-order chi connectivity index (χ0) is 18.2. The summed E-state index contributed by atoms with van der Waals surface area (Å²) in [6, 6.07) is -1.18. The smallest absolute Gasteiger partial charge is 0.408 e. The number of carbonyl (C=O) groups excluding carboxylic acids is 2. The second-order valence-electron chi connectivity index (χ2n) is 7.26. The molecule has 1 aliphatic rings. The first-order valence-corrected chi connectivity index (χ1v) is 8.55. The molecule has 7 nitrogen and oxygen atoms in total. The number of amides is 1. The topological polar surface area (TPSA) is 102 Å². The van der Waals surface area contributed by atoms with Crippen molar-refractivity contribution in [2.45, 2.75) is 77.4 Å². The summed E-state index contributed by atoms with van der Waals surface area (Å²) in [5.41, 5.74) is -0.716. The molecule has 24 heavy (non-hydrogen) atoms. The molecule has 0 bridgehead atoms. The first-order chi connectivity index (χ1) is 11.2. The van der Waals surface area contributed by atoms with Crippen molar-refractivity contribution < 1.29 is 29.0 Å². The van der Waals surface area contributed by atoms with Gasteiger partial charge in [-0.25, -0.2) is 9.59 Å². The normalized spacial score (nSPS) is 17.0. The molecule has 1 fully saturated rings. The molecule has 0 unspecified atom stereocenters. The van der Waals surface area contributed by atoms with Gasteiger partial charge in [0.2, 0.25) is 0 Å². The first-order valence-electron chi connectivity index (χ1n) is 8.55. The van der Waals surface area contributed by atoms with Crippen LogP contribution in [0.5, 0.6) is 0 Å². The summed E-state index contributed by atoms with van der Waals surface area (Å²) in [6.45, 7) is 5.46. The number of carbonyl (C=O) groups is 3. The van der Waals surface area contributed by atoms with Crippen LogP contribution in [0.4, 0.5) is 4.79 Å². The van der Waals surface area contributed by atoms with Crippen molar-refractivity contribution in [3.8, 4) is 0 Å². The van der Waals surface area contributed by atoms with Gasteiger partial charge in [-0.05, 0) is 46.0 Å². The SMILES string of the molecule is CC(C)(C)OC(=O)N[C@@H](CCC(=O)OCC1CCCCC1)C(=O)O. The highest BCUT2D eigenvalue weighted by Gasteiger charge is 2.25. The zero-order valence-corrected chi connectivity index (χ0v) is 14.8. The number of carboxylic acids is 1. The number of esters is 1. The minimum absolute atomic E-state index is 0.0297. The Labute approximate surface area is 143 Å². The highest BCUT2D eigenvalue weighted by Crippen LogP contribution is 2.23. The predicted molar refractivity (Wildman–Crippen MR) is 87.6 cm³/mol. The molecule has 0 radical (unpaired) electrons. The number of hydrogen-bond acceptors (Lipinski definition) is 5. The molecule has 0 aromatic heterocycles. The summed E-state index contributed by atoms with van der Waals surface area (Å²) in [7, 11) is 0. The average Bonchev–Trinajstić information content (AvgIpc) is 2.48. The summed E-state index contributed by atoms with van der Waals surface area (Å²) in [5.74, 6) is -1.23. The van der Waals surface area contributed by atoms with E-state index in [1.165, 1.54) is 19.3 Å². The van der Waals surface area contributed by atoms with E-state index >= 15 is 0 Å². The van der Waals surface area contributed by atoms with Crippen molar-refractivity contribution in [2.24, 2.45) is 5.92 Å². The number of hydrogen-bond donors (Lipinski definition) is 2. The van der Waals surface area contributed by atoms with Gasteiger partial charge >= 0.3 is 18.0 Å². The minimum Gasteiger partial charge on any atom is -0.480 e. The molecular weight excluding hydrogens is 314 g/mol. The van der Waals surface area contributed by atoms with E-state index in [2.05, 4.69) is 5.32 Å². The van der Waals surface area contributed by atoms with Crippen LogP contribution >= 0.6 is 0 Å². The Morgan fingerprint density at radius 1 is 1.17 bits per heavy atom. The van der Waals surface area contributed by atoms with Crippen LogP contribution in [0.2, 0.25) is 0 Å². The molecule has 1 saturated carbocycles. The Morgan fingerprint density at radius 3 is 2.33 bits per heavy atom. The maximum absolute atomic E-state index is 11.8. The van der Waals surface area contributed by atoms with Gasteiger partial charge in [-0.3, -0.25) is 4.79 Å². The number of aliphatic carboxylic acids is 1. The fraction of sp³-hybridized carbons (Fsp3) is 0.824. The molecule has 0 aliphatic heterocycles. The van der Waals surface area contributed by atoms with E-state index in [1.807, 2.05) is 0 Å². The number of nitrogens with one attached hydrogen (secondary N) is 1. The van der Waals surface area contributed by atoms with Crippen LogP contribution in [0.3, 0.4) is 0 Å². The second-order valence-corrected chi connectivity index (χ2v) is 7.26. The summed E-state index contributed by atoms with van der Waals surface area (Å²) in [6.07, 6.45) is 4.83. The lowest BCUT2D eigenvalue weighted by Gasteiger charge is -2.22. The number of ether oxygens (including phenoxy) is 2. The molecule has 0 aromatic carbocycles. The molecule has 1 aliphatic carbocycles. The molecule has 2 N–H and O–H groups in total. The van der Waals surface area contributed by atoms with E-state index in [1.54, 1.807) is 20.8 Å². The molecular formula is C17H29NO6. The number of rotatable bonds is 7. The second kappa shape index (κ2) is 9.49. The van der Waals surface area contributed by atoms with Crippen LogP contribution in [0.15, 0.2) is 0 Å². The van der Waals surface area contributed by atoms with Gasteiger partial charge in [0.15, 0.2) is 0 Å². The molecule has 0 spiro atoms. The lowest BCUT2D eigenvalue weighted by molar-refractivity contribution is -0.146. The molecule has 138 valence electrons. The maximum Gasteiger partial charge on any atom is 0.408 e. The quantitative estimate of drug-likeness (QED) is 0.689. The van der Waals surface area contributed by atoms with E-state index in [4.69, 9.17) is 14.6 Å². The van der Waals surface area contributed by atoms with E-state index in [0.717, 1.165) is 12.8 Å². The Hall–Kier alpha value is -1.79. The lowest BCUT2D eigenvalue weighted by atomic mass is 9.90. The van der Waals surface area contributed by atoms with Gasteiger partial charge in [-0.15, -0.1) is 0 Å². The van der Waals surface area contributed by atoms with E-state index < -0.39 is 29.7 Å². The van der Waals surface area contributed by atoms with Gasteiger partial charge in [0.1, 0.15) is 11.6 Å². The van der Waals surface area contributed by atoms with Crippen LogP contribution < -0.4 is 5.32 Å². The van der Waals surface area contributed by atoms with Gasteiger partial charge in [-0.2, -0.15) is 0 Å². The Morgan fingerprint density at radius 2 is 1.79 bits per heavy atom. The van der Waals surface area contributed by atoms with E-state index in [-0.39, 0.29) is 12.8 Å². The van der Waals surface area contributed by atoms with Crippen LogP contribution in [0.1, 0.15) is 65.7 Å². The number of carboxylic acid groups (broad SMARTS) is 1. The van der Waals surface area contributed by atoms with Crippen LogP contribution in [-0.4, -0.2) is 41.4 Å². The predicted octanol–water partition coefficient (Wildman–Crippen LogP) is 2.87. The van der Waals surface area contributed by atoms with E-state index in [9.17, 15) is 14.4 Å². The summed E-state index contributed by atoms with van der Waals surface area (Å²) < 4.78 is 10.2. The molecule has 1 atom stereocenters. The monoisotopic (exact) mass is 343 g/mol. The van der Waals surface area contributed by atoms with Crippen molar-refractivity contribution >= 4 is 18.0 Å². The summed E-state index contributed by atoms with van der Waals surface area (Å²) in [5, 5.41) is 11.4. The standard InChI is InChI=1S/C17H29NO6/c1-17(2,3)24-16(22)18-13(15(20)21)9-10-14(19)23-11-12-7-5-4-6-8-12/h12-13H,4-11H2,1-3H3,(H,18,22)(H,20,21)/t13-/m0/s1. The minimum atomic E-state index is -1.21. The molecule has 0 aromatic rings.